The van der Waals surface area contributed by atoms with Crippen molar-refractivity contribution in [2.24, 2.45) is 11.7 Å². The van der Waals surface area contributed by atoms with Crippen LogP contribution in [-0.2, 0) is 9.47 Å². The number of ether oxygens (including phenoxy) is 2. The van der Waals surface area contributed by atoms with Crippen LogP contribution in [0.25, 0.3) is 10.8 Å². The monoisotopic (exact) mass is 271 g/mol. The van der Waals surface area contributed by atoms with E-state index in [0.717, 1.165) is 31.8 Å². The molecule has 1 aliphatic heterocycles. The van der Waals surface area contributed by atoms with Crippen LogP contribution in [0.15, 0.2) is 42.5 Å². The van der Waals surface area contributed by atoms with Gasteiger partial charge in [0.1, 0.15) is 0 Å². The minimum absolute atomic E-state index is 0.0677. The van der Waals surface area contributed by atoms with Crippen LogP contribution in [0.5, 0.6) is 0 Å². The predicted octanol–water partition coefficient (Wildman–Crippen LogP) is 2.89. The van der Waals surface area contributed by atoms with E-state index in [1.807, 2.05) is 6.07 Å². The van der Waals surface area contributed by atoms with Gasteiger partial charge in [0.15, 0.2) is 0 Å². The summed E-state index contributed by atoms with van der Waals surface area (Å²) in [5.74, 6) is 0.541. The molecule has 0 spiro atoms. The van der Waals surface area contributed by atoms with Crippen molar-refractivity contribution in [3.05, 3.63) is 48.0 Å². The van der Waals surface area contributed by atoms with Gasteiger partial charge in [-0.05, 0) is 28.8 Å². The van der Waals surface area contributed by atoms with E-state index in [1.165, 1.54) is 10.8 Å². The molecule has 106 valence electrons. The van der Waals surface area contributed by atoms with Crippen LogP contribution in [-0.4, -0.2) is 26.4 Å². The van der Waals surface area contributed by atoms with Crippen molar-refractivity contribution >= 4 is 10.8 Å². The van der Waals surface area contributed by atoms with Crippen molar-refractivity contribution in [1.82, 2.24) is 0 Å². The molecule has 2 atom stereocenters. The molecular weight excluding hydrogens is 250 g/mol. The maximum Gasteiger partial charge on any atom is 0.0659 e. The molecule has 1 fully saturated rings. The van der Waals surface area contributed by atoms with Crippen LogP contribution in [0.4, 0.5) is 0 Å². The van der Waals surface area contributed by atoms with E-state index < -0.39 is 0 Å². The topological polar surface area (TPSA) is 44.5 Å². The van der Waals surface area contributed by atoms with E-state index in [0.29, 0.717) is 12.5 Å². The Hall–Kier alpha value is -1.42. The lowest BCUT2D eigenvalue weighted by molar-refractivity contribution is 0.0809. The first kappa shape index (κ1) is 13.6. The SMILES string of the molecule is NC(COCC1CCOC1)c1ccc2ccccc2c1. The molecule has 0 bridgehead atoms. The first-order valence-electron chi connectivity index (χ1n) is 7.23. The van der Waals surface area contributed by atoms with E-state index in [2.05, 4.69) is 36.4 Å². The van der Waals surface area contributed by atoms with Gasteiger partial charge in [0, 0.05) is 12.5 Å². The van der Waals surface area contributed by atoms with Gasteiger partial charge in [-0.15, -0.1) is 0 Å². The van der Waals surface area contributed by atoms with E-state index >= 15 is 0 Å². The van der Waals surface area contributed by atoms with Crippen LogP contribution >= 0.6 is 0 Å². The summed E-state index contributed by atoms with van der Waals surface area (Å²) in [6.07, 6.45) is 1.10. The standard InChI is InChI=1S/C17H21NO2/c18-17(12-20-11-13-7-8-19-10-13)16-6-5-14-3-1-2-4-15(14)9-16/h1-6,9,13,17H,7-8,10-12,18H2. The average Bonchev–Trinajstić information content (AvgIpc) is 3.00. The normalized spacial score (nSPS) is 20.4. The fourth-order valence-corrected chi connectivity index (χ4v) is 2.61. The van der Waals surface area contributed by atoms with Gasteiger partial charge in [-0.2, -0.15) is 0 Å². The zero-order valence-corrected chi connectivity index (χ0v) is 11.6. The van der Waals surface area contributed by atoms with Gasteiger partial charge < -0.3 is 15.2 Å². The molecule has 0 saturated carbocycles. The van der Waals surface area contributed by atoms with Gasteiger partial charge in [0.2, 0.25) is 0 Å². The largest absolute Gasteiger partial charge is 0.381 e. The third-order valence-corrected chi connectivity index (χ3v) is 3.88. The highest BCUT2D eigenvalue weighted by Gasteiger charge is 2.16. The van der Waals surface area contributed by atoms with Gasteiger partial charge in [0.05, 0.1) is 25.9 Å². The number of benzene rings is 2. The molecule has 1 saturated heterocycles. The number of rotatable bonds is 5. The van der Waals surface area contributed by atoms with E-state index in [9.17, 15) is 0 Å². The maximum absolute atomic E-state index is 6.21. The number of fused-ring (bicyclic) bond motifs is 1. The summed E-state index contributed by atoms with van der Waals surface area (Å²) >= 11 is 0. The van der Waals surface area contributed by atoms with Crippen LogP contribution in [0.3, 0.4) is 0 Å². The molecule has 3 nitrogen and oxygen atoms in total. The molecule has 0 amide bonds. The summed E-state index contributed by atoms with van der Waals surface area (Å²) in [5, 5.41) is 2.47. The van der Waals surface area contributed by atoms with Crippen molar-refractivity contribution in [2.75, 3.05) is 26.4 Å². The Morgan fingerprint density at radius 3 is 2.85 bits per heavy atom. The van der Waals surface area contributed by atoms with Crippen molar-refractivity contribution < 1.29 is 9.47 Å². The van der Waals surface area contributed by atoms with Gasteiger partial charge in [0.25, 0.3) is 0 Å². The van der Waals surface area contributed by atoms with Crippen LogP contribution < -0.4 is 5.73 Å². The summed E-state index contributed by atoms with van der Waals surface area (Å²) in [5.41, 5.74) is 7.35. The van der Waals surface area contributed by atoms with Crippen molar-refractivity contribution in [3.8, 4) is 0 Å². The molecule has 1 heterocycles. The Morgan fingerprint density at radius 2 is 2.05 bits per heavy atom. The zero-order chi connectivity index (χ0) is 13.8. The minimum Gasteiger partial charge on any atom is -0.381 e. The van der Waals surface area contributed by atoms with Gasteiger partial charge in [-0.1, -0.05) is 36.4 Å². The highest BCUT2D eigenvalue weighted by atomic mass is 16.5. The molecule has 2 N–H and O–H groups in total. The highest BCUT2D eigenvalue weighted by Crippen LogP contribution is 2.20. The Labute approximate surface area is 119 Å². The highest BCUT2D eigenvalue weighted by molar-refractivity contribution is 5.83. The van der Waals surface area contributed by atoms with Gasteiger partial charge in [-0.3, -0.25) is 0 Å². The molecule has 0 aromatic heterocycles. The number of nitrogens with two attached hydrogens (primary N) is 1. The molecule has 2 aromatic rings. The zero-order valence-electron chi connectivity index (χ0n) is 11.6. The summed E-state index contributed by atoms with van der Waals surface area (Å²) in [6.45, 7) is 3.01. The second-order valence-electron chi connectivity index (χ2n) is 5.48. The first-order chi connectivity index (χ1) is 9.83. The summed E-state index contributed by atoms with van der Waals surface area (Å²) in [7, 11) is 0. The summed E-state index contributed by atoms with van der Waals surface area (Å²) in [6, 6.07) is 14.6. The third-order valence-electron chi connectivity index (χ3n) is 3.88. The van der Waals surface area contributed by atoms with E-state index in [1.54, 1.807) is 0 Å². The Balaban J connectivity index is 1.58. The number of hydrogen-bond acceptors (Lipinski definition) is 3. The molecule has 0 aliphatic carbocycles. The van der Waals surface area contributed by atoms with E-state index in [4.69, 9.17) is 15.2 Å². The van der Waals surface area contributed by atoms with Gasteiger partial charge in [-0.25, -0.2) is 0 Å². The van der Waals surface area contributed by atoms with Crippen LogP contribution in [0.2, 0.25) is 0 Å². The molecule has 3 heteroatoms. The second kappa shape index (κ2) is 6.35. The Bertz CT molecular complexity index is 564. The van der Waals surface area contributed by atoms with Crippen molar-refractivity contribution in [3.63, 3.8) is 0 Å². The molecule has 3 rings (SSSR count). The van der Waals surface area contributed by atoms with Crippen LogP contribution in [0, 0.1) is 5.92 Å². The van der Waals surface area contributed by atoms with Crippen molar-refractivity contribution in [1.29, 1.82) is 0 Å². The minimum atomic E-state index is -0.0677. The first-order valence-corrected chi connectivity index (χ1v) is 7.23. The molecule has 2 aromatic carbocycles. The van der Waals surface area contributed by atoms with Crippen molar-refractivity contribution in [2.45, 2.75) is 12.5 Å². The average molecular weight is 271 g/mol. The second-order valence-corrected chi connectivity index (χ2v) is 5.48. The number of hydrogen-bond donors (Lipinski definition) is 1. The molecule has 2 unspecified atom stereocenters. The molecule has 0 radical (unpaired) electrons. The lowest BCUT2D eigenvalue weighted by Crippen LogP contribution is -2.20. The Kier molecular flexibility index (Phi) is 4.31. The van der Waals surface area contributed by atoms with E-state index in [-0.39, 0.29) is 6.04 Å². The lowest BCUT2D eigenvalue weighted by Gasteiger charge is -2.15. The quantitative estimate of drug-likeness (QED) is 0.909. The molecule has 1 aliphatic rings. The summed E-state index contributed by atoms with van der Waals surface area (Å²) < 4.78 is 11.1. The summed E-state index contributed by atoms with van der Waals surface area (Å²) in [4.78, 5) is 0. The molecular formula is C17H21NO2. The Morgan fingerprint density at radius 1 is 1.20 bits per heavy atom. The smallest absolute Gasteiger partial charge is 0.0659 e. The molecule has 20 heavy (non-hydrogen) atoms. The van der Waals surface area contributed by atoms with Crippen LogP contribution in [0.1, 0.15) is 18.0 Å². The van der Waals surface area contributed by atoms with Gasteiger partial charge >= 0.3 is 0 Å². The third kappa shape index (κ3) is 3.18. The fourth-order valence-electron chi connectivity index (χ4n) is 2.61. The lowest BCUT2D eigenvalue weighted by atomic mass is 10.0. The maximum atomic E-state index is 6.21. The predicted molar refractivity (Wildman–Crippen MR) is 80.6 cm³/mol. The fraction of sp³-hybridized carbons (Fsp3) is 0.412.